The van der Waals surface area contributed by atoms with E-state index in [1.165, 1.54) is 11.6 Å². The van der Waals surface area contributed by atoms with Crippen LogP contribution in [0.4, 0.5) is 13.2 Å². The van der Waals surface area contributed by atoms with Crippen molar-refractivity contribution in [1.29, 1.82) is 5.26 Å². The van der Waals surface area contributed by atoms with Crippen LogP contribution < -0.4 is 0 Å². The number of rotatable bonds is 7. The van der Waals surface area contributed by atoms with E-state index in [4.69, 9.17) is 0 Å². The minimum Gasteiger partial charge on any atom is -0.301 e. The zero-order valence-electron chi connectivity index (χ0n) is 18.8. The predicted molar refractivity (Wildman–Crippen MR) is 124 cm³/mol. The van der Waals surface area contributed by atoms with Gasteiger partial charge in [0.15, 0.2) is 0 Å². The van der Waals surface area contributed by atoms with Crippen LogP contribution >= 0.6 is 0 Å². The van der Waals surface area contributed by atoms with Crippen LogP contribution in [0.3, 0.4) is 0 Å². The van der Waals surface area contributed by atoms with E-state index in [-0.39, 0.29) is 5.82 Å². The Bertz CT molecular complexity index is 1130. The summed E-state index contributed by atoms with van der Waals surface area (Å²) in [6.07, 6.45) is -2.95. The third kappa shape index (κ3) is 6.40. The van der Waals surface area contributed by atoms with Crippen LogP contribution in [0.1, 0.15) is 29.1 Å². The predicted octanol–water partition coefficient (Wildman–Crippen LogP) is 4.78. The van der Waals surface area contributed by atoms with Crippen LogP contribution in [0.15, 0.2) is 60.7 Å². The fraction of sp³-hybridized carbons (Fsp3) is 0.346. The molecule has 1 aliphatic heterocycles. The van der Waals surface area contributed by atoms with Gasteiger partial charge in [-0.3, -0.25) is 4.90 Å². The van der Waals surface area contributed by atoms with Gasteiger partial charge in [0.05, 0.1) is 11.3 Å². The molecule has 2 heterocycles. The monoisotopic (exact) mass is 465 g/mol. The summed E-state index contributed by atoms with van der Waals surface area (Å²) in [6, 6.07) is 19.1. The van der Waals surface area contributed by atoms with Gasteiger partial charge in [-0.25, -0.2) is 9.97 Å². The van der Waals surface area contributed by atoms with Gasteiger partial charge in [-0.15, -0.1) is 0 Å². The Morgan fingerprint density at radius 2 is 1.62 bits per heavy atom. The highest BCUT2D eigenvalue weighted by Crippen LogP contribution is 2.31. The largest absolute Gasteiger partial charge is 0.416 e. The maximum absolute atomic E-state index is 13.1. The summed E-state index contributed by atoms with van der Waals surface area (Å²) in [5.41, 5.74) is 1.91. The minimum atomic E-state index is -4.44. The minimum absolute atomic E-state index is 0.0283. The van der Waals surface area contributed by atoms with E-state index < -0.39 is 11.7 Å². The van der Waals surface area contributed by atoms with Crippen LogP contribution in [0.25, 0.3) is 11.3 Å². The fourth-order valence-corrected chi connectivity index (χ4v) is 4.17. The number of benzene rings is 2. The standard InChI is InChI=1S/C26H26F3N5/c27-26(28,29)22-9-4-8-21(16-22)24-17-23(31-25(18-30)32-24)10-5-11-33-12-14-34(15-13-33)19-20-6-2-1-3-7-20/h1-4,6-9,16-17H,5,10-15,19H2. The molecule has 0 aliphatic carbocycles. The van der Waals surface area contributed by atoms with Crippen molar-refractivity contribution in [2.75, 3.05) is 32.7 Å². The second kappa shape index (κ2) is 10.8. The number of nitrogens with zero attached hydrogens (tertiary/aromatic N) is 5. The molecule has 5 nitrogen and oxygen atoms in total. The van der Waals surface area contributed by atoms with Gasteiger partial charge in [0.2, 0.25) is 5.82 Å². The first-order valence-corrected chi connectivity index (χ1v) is 11.3. The number of nitriles is 1. The van der Waals surface area contributed by atoms with Crippen molar-refractivity contribution in [3.05, 3.63) is 83.3 Å². The van der Waals surface area contributed by atoms with E-state index in [0.29, 0.717) is 23.4 Å². The molecule has 1 aliphatic rings. The summed E-state index contributed by atoms with van der Waals surface area (Å²) in [6.45, 7) is 5.89. The number of hydrogen-bond acceptors (Lipinski definition) is 5. The van der Waals surface area contributed by atoms with Crippen LogP contribution in [0.5, 0.6) is 0 Å². The van der Waals surface area contributed by atoms with E-state index in [0.717, 1.165) is 57.8 Å². The molecule has 176 valence electrons. The average Bonchev–Trinajstić information content (AvgIpc) is 2.85. The second-order valence-corrected chi connectivity index (χ2v) is 8.47. The molecule has 0 N–H and O–H groups in total. The van der Waals surface area contributed by atoms with Gasteiger partial charge in [-0.2, -0.15) is 18.4 Å². The van der Waals surface area contributed by atoms with Crippen molar-refractivity contribution in [3.8, 4) is 17.3 Å². The highest BCUT2D eigenvalue weighted by Gasteiger charge is 2.30. The van der Waals surface area contributed by atoms with Crippen LogP contribution in [0, 0.1) is 11.3 Å². The summed E-state index contributed by atoms with van der Waals surface area (Å²) in [5, 5.41) is 9.31. The van der Waals surface area contributed by atoms with Crippen molar-refractivity contribution in [3.63, 3.8) is 0 Å². The molecule has 8 heteroatoms. The molecule has 1 saturated heterocycles. The number of hydrogen-bond donors (Lipinski definition) is 0. The number of halogens is 3. The molecule has 1 aromatic heterocycles. The van der Waals surface area contributed by atoms with Crippen molar-refractivity contribution in [1.82, 2.24) is 19.8 Å². The van der Waals surface area contributed by atoms with Gasteiger partial charge < -0.3 is 4.90 Å². The first-order valence-electron chi connectivity index (χ1n) is 11.3. The molecular weight excluding hydrogens is 439 g/mol. The Hall–Kier alpha value is -3.28. The van der Waals surface area contributed by atoms with Gasteiger partial charge in [0, 0.05) is 44.0 Å². The van der Waals surface area contributed by atoms with E-state index in [1.807, 2.05) is 12.1 Å². The molecule has 0 saturated carbocycles. The number of alkyl halides is 3. The average molecular weight is 466 g/mol. The molecule has 0 amide bonds. The van der Waals surface area contributed by atoms with E-state index in [1.54, 1.807) is 12.1 Å². The second-order valence-electron chi connectivity index (χ2n) is 8.47. The Labute approximate surface area is 197 Å². The molecule has 0 atom stereocenters. The summed E-state index contributed by atoms with van der Waals surface area (Å²) >= 11 is 0. The summed E-state index contributed by atoms with van der Waals surface area (Å²) in [5.74, 6) is -0.0283. The molecule has 3 aromatic rings. The van der Waals surface area contributed by atoms with Gasteiger partial charge >= 0.3 is 6.18 Å². The zero-order valence-corrected chi connectivity index (χ0v) is 18.8. The maximum atomic E-state index is 13.1. The highest BCUT2D eigenvalue weighted by molar-refractivity contribution is 5.61. The molecule has 0 radical (unpaired) electrons. The lowest BCUT2D eigenvalue weighted by molar-refractivity contribution is -0.137. The Morgan fingerprint density at radius 1 is 0.882 bits per heavy atom. The molecule has 4 rings (SSSR count). The molecular formula is C26H26F3N5. The maximum Gasteiger partial charge on any atom is 0.416 e. The SMILES string of the molecule is N#Cc1nc(CCCN2CCN(Cc3ccccc3)CC2)cc(-c2cccc(C(F)(F)F)c2)n1. The van der Waals surface area contributed by atoms with Gasteiger partial charge in [-0.05, 0) is 43.1 Å². The summed E-state index contributed by atoms with van der Waals surface area (Å²) in [7, 11) is 0. The molecule has 0 bridgehead atoms. The topological polar surface area (TPSA) is 56.1 Å². The highest BCUT2D eigenvalue weighted by atomic mass is 19.4. The molecule has 1 fully saturated rings. The van der Waals surface area contributed by atoms with Crippen LogP contribution in [-0.4, -0.2) is 52.5 Å². The Balaban J connectivity index is 1.33. The Morgan fingerprint density at radius 3 is 2.32 bits per heavy atom. The van der Waals surface area contributed by atoms with Gasteiger partial charge in [-0.1, -0.05) is 42.5 Å². The van der Waals surface area contributed by atoms with Gasteiger partial charge in [0.25, 0.3) is 0 Å². The van der Waals surface area contributed by atoms with E-state index in [2.05, 4.69) is 44.0 Å². The lowest BCUT2D eigenvalue weighted by atomic mass is 10.1. The van der Waals surface area contributed by atoms with E-state index >= 15 is 0 Å². The normalized spacial score (nSPS) is 15.2. The number of aromatic nitrogens is 2. The van der Waals surface area contributed by atoms with Gasteiger partial charge in [0.1, 0.15) is 6.07 Å². The number of aryl methyl sites for hydroxylation is 1. The first-order chi connectivity index (χ1) is 16.4. The lowest BCUT2D eigenvalue weighted by Gasteiger charge is -2.34. The van der Waals surface area contributed by atoms with Crippen molar-refractivity contribution < 1.29 is 13.2 Å². The zero-order chi connectivity index (χ0) is 24.0. The quantitative estimate of drug-likeness (QED) is 0.503. The third-order valence-corrected chi connectivity index (χ3v) is 5.99. The first kappa shape index (κ1) is 23.9. The fourth-order valence-electron chi connectivity index (χ4n) is 4.17. The smallest absolute Gasteiger partial charge is 0.301 e. The van der Waals surface area contributed by atoms with Crippen LogP contribution in [-0.2, 0) is 19.1 Å². The molecule has 0 unspecified atom stereocenters. The third-order valence-electron chi connectivity index (χ3n) is 5.99. The molecule has 34 heavy (non-hydrogen) atoms. The van der Waals surface area contributed by atoms with Crippen molar-refractivity contribution >= 4 is 0 Å². The molecule has 0 spiro atoms. The Kier molecular flexibility index (Phi) is 7.56. The summed E-state index contributed by atoms with van der Waals surface area (Å²) in [4.78, 5) is 13.3. The lowest BCUT2D eigenvalue weighted by Crippen LogP contribution is -2.46. The van der Waals surface area contributed by atoms with E-state index in [9.17, 15) is 18.4 Å². The van der Waals surface area contributed by atoms with Crippen molar-refractivity contribution in [2.45, 2.75) is 25.6 Å². The van der Waals surface area contributed by atoms with Crippen molar-refractivity contribution in [2.24, 2.45) is 0 Å². The number of piperazine rings is 1. The van der Waals surface area contributed by atoms with Crippen LogP contribution in [0.2, 0.25) is 0 Å². The summed E-state index contributed by atoms with van der Waals surface area (Å²) < 4.78 is 39.3. The molecule has 2 aromatic carbocycles.